The molecule has 0 aliphatic carbocycles. The third kappa shape index (κ3) is 3.86. The number of carbonyl (C=O) groups excluding carboxylic acids is 2. The molecule has 0 fully saturated rings. The molecular weight excluding hydrogens is 450 g/mol. The van der Waals surface area contributed by atoms with Gasteiger partial charge in [-0.1, -0.05) is 35.9 Å². The number of aryl methyl sites for hydroxylation is 2. The van der Waals surface area contributed by atoms with Crippen molar-refractivity contribution in [2.24, 2.45) is 0 Å². The van der Waals surface area contributed by atoms with Crippen molar-refractivity contribution in [3.8, 4) is 34.2 Å². The minimum atomic E-state index is -0.0550. The summed E-state index contributed by atoms with van der Waals surface area (Å²) in [7, 11) is 0. The standard InChI is InChI=1S/C27H19NO5S/c1-15-3-9-20(16(2)11-15)25(31)26-24(21-10-8-19(30)12-22(21)34-26)17-4-6-18(7-5-17)27-28-23(13-32-27)33-14-29/h3-14,30H,1-2H3. The molecule has 0 spiro atoms. The summed E-state index contributed by atoms with van der Waals surface area (Å²) in [5, 5.41) is 10.9. The molecule has 0 saturated carbocycles. The van der Waals surface area contributed by atoms with Crippen LogP contribution >= 0.6 is 11.3 Å². The number of fused-ring (bicyclic) bond motifs is 1. The van der Waals surface area contributed by atoms with Gasteiger partial charge < -0.3 is 14.3 Å². The fourth-order valence-electron chi connectivity index (χ4n) is 4.00. The summed E-state index contributed by atoms with van der Waals surface area (Å²) in [5.74, 6) is 0.494. The molecule has 1 N–H and O–H groups in total. The highest BCUT2D eigenvalue weighted by Crippen LogP contribution is 2.42. The van der Waals surface area contributed by atoms with Gasteiger partial charge in [0.15, 0.2) is 6.26 Å². The molecule has 34 heavy (non-hydrogen) atoms. The van der Waals surface area contributed by atoms with Gasteiger partial charge in [0.2, 0.25) is 11.7 Å². The van der Waals surface area contributed by atoms with Crippen molar-refractivity contribution < 1.29 is 23.8 Å². The number of nitrogens with zero attached hydrogens (tertiary/aromatic N) is 1. The van der Waals surface area contributed by atoms with Crippen molar-refractivity contribution >= 4 is 33.7 Å². The minimum absolute atomic E-state index is 0.0550. The summed E-state index contributed by atoms with van der Waals surface area (Å²) >= 11 is 1.37. The molecule has 0 saturated heterocycles. The van der Waals surface area contributed by atoms with E-state index in [1.54, 1.807) is 12.1 Å². The molecule has 5 aromatic rings. The number of phenolic OH excluding ortho intramolecular Hbond substituents is 1. The molecule has 0 bridgehead atoms. The van der Waals surface area contributed by atoms with E-state index in [0.29, 0.717) is 28.4 Å². The largest absolute Gasteiger partial charge is 0.508 e. The van der Waals surface area contributed by atoms with Gasteiger partial charge >= 0.3 is 0 Å². The van der Waals surface area contributed by atoms with Gasteiger partial charge in [-0.3, -0.25) is 9.59 Å². The Kier molecular flexibility index (Phi) is 5.47. The topological polar surface area (TPSA) is 89.6 Å². The van der Waals surface area contributed by atoms with Gasteiger partial charge in [0, 0.05) is 26.8 Å². The van der Waals surface area contributed by atoms with Crippen LogP contribution in [0.1, 0.15) is 26.4 Å². The summed E-state index contributed by atoms with van der Waals surface area (Å²) in [6.07, 6.45) is 1.26. The van der Waals surface area contributed by atoms with Gasteiger partial charge in [-0.15, -0.1) is 11.3 Å². The highest BCUT2D eigenvalue weighted by molar-refractivity contribution is 7.21. The van der Waals surface area contributed by atoms with Crippen molar-refractivity contribution in [1.82, 2.24) is 4.98 Å². The molecule has 168 valence electrons. The van der Waals surface area contributed by atoms with Crippen molar-refractivity contribution in [2.45, 2.75) is 13.8 Å². The fourth-order valence-corrected chi connectivity index (χ4v) is 5.21. The van der Waals surface area contributed by atoms with Gasteiger partial charge in [-0.05, 0) is 55.3 Å². The molecule has 2 aromatic heterocycles. The predicted molar refractivity (Wildman–Crippen MR) is 130 cm³/mol. The highest BCUT2D eigenvalue weighted by Gasteiger charge is 2.23. The van der Waals surface area contributed by atoms with Crippen molar-refractivity contribution in [3.05, 3.63) is 88.5 Å². The number of thiophene rings is 1. The van der Waals surface area contributed by atoms with Crippen LogP contribution in [0.15, 0.2) is 71.3 Å². The third-order valence-electron chi connectivity index (χ3n) is 5.58. The SMILES string of the molecule is Cc1ccc(C(=O)c2sc3cc(O)ccc3c2-c2ccc(-c3nc(OC=O)co3)cc2)c(C)c1. The number of benzene rings is 3. The Morgan fingerprint density at radius 2 is 1.79 bits per heavy atom. The van der Waals surface area contributed by atoms with Crippen LogP contribution < -0.4 is 4.74 Å². The number of rotatable bonds is 6. The van der Waals surface area contributed by atoms with Crippen molar-refractivity contribution in [1.29, 1.82) is 0 Å². The van der Waals surface area contributed by atoms with Gasteiger partial charge in [-0.2, -0.15) is 4.98 Å². The Morgan fingerprint density at radius 3 is 2.53 bits per heavy atom. The second-order valence-electron chi connectivity index (χ2n) is 7.92. The van der Waals surface area contributed by atoms with E-state index in [1.165, 1.54) is 17.6 Å². The van der Waals surface area contributed by atoms with Crippen LogP contribution in [-0.4, -0.2) is 22.3 Å². The van der Waals surface area contributed by atoms with Gasteiger partial charge in [0.1, 0.15) is 5.75 Å². The number of aromatic hydroxyl groups is 1. The van der Waals surface area contributed by atoms with Crippen molar-refractivity contribution in [3.63, 3.8) is 0 Å². The Bertz CT molecular complexity index is 1550. The maximum absolute atomic E-state index is 13.7. The molecule has 6 nitrogen and oxygen atoms in total. The molecule has 0 aliphatic heterocycles. The Labute approximate surface area is 199 Å². The number of hydrogen-bond donors (Lipinski definition) is 1. The van der Waals surface area contributed by atoms with Crippen LogP contribution in [0.25, 0.3) is 32.7 Å². The maximum Gasteiger partial charge on any atom is 0.299 e. The molecule has 0 aliphatic rings. The number of hydrogen-bond acceptors (Lipinski definition) is 7. The van der Waals surface area contributed by atoms with Crippen LogP contribution in [0.4, 0.5) is 0 Å². The summed E-state index contributed by atoms with van der Waals surface area (Å²) in [6.45, 7) is 4.23. The van der Waals surface area contributed by atoms with E-state index in [9.17, 15) is 14.7 Å². The maximum atomic E-state index is 13.7. The lowest BCUT2D eigenvalue weighted by atomic mass is 9.95. The Hall–Kier alpha value is -4.23. The molecule has 0 unspecified atom stereocenters. The van der Waals surface area contributed by atoms with Crippen LogP contribution in [-0.2, 0) is 4.79 Å². The first-order valence-electron chi connectivity index (χ1n) is 10.5. The van der Waals surface area contributed by atoms with E-state index in [2.05, 4.69) is 4.98 Å². The molecule has 0 atom stereocenters. The number of carbonyl (C=O) groups is 2. The Balaban J connectivity index is 1.62. The third-order valence-corrected chi connectivity index (χ3v) is 6.73. The highest BCUT2D eigenvalue weighted by atomic mass is 32.1. The van der Waals surface area contributed by atoms with E-state index in [0.717, 1.165) is 32.3 Å². The second-order valence-corrected chi connectivity index (χ2v) is 8.97. The molecule has 0 radical (unpaired) electrons. The molecular formula is C27H19NO5S. The normalized spacial score (nSPS) is 11.0. The zero-order valence-electron chi connectivity index (χ0n) is 18.4. The lowest BCUT2D eigenvalue weighted by Gasteiger charge is -2.08. The van der Waals surface area contributed by atoms with Crippen LogP contribution in [0, 0.1) is 13.8 Å². The summed E-state index contributed by atoms with van der Waals surface area (Å²) < 4.78 is 10.9. The molecule has 5 rings (SSSR count). The summed E-state index contributed by atoms with van der Waals surface area (Å²) in [5.41, 5.74) is 5.03. The average molecular weight is 470 g/mol. The fraction of sp³-hybridized carbons (Fsp3) is 0.0741. The van der Waals surface area contributed by atoms with E-state index in [-0.39, 0.29) is 17.4 Å². The monoisotopic (exact) mass is 469 g/mol. The first-order chi connectivity index (χ1) is 16.4. The van der Waals surface area contributed by atoms with Crippen LogP contribution in [0.3, 0.4) is 0 Å². The zero-order valence-corrected chi connectivity index (χ0v) is 19.2. The molecule has 7 heteroatoms. The molecule has 3 aromatic carbocycles. The van der Waals surface area contributed by atoms with Gasteiger partial charge in [0.25, 0.3) is 12.4 Å². The Morgan fingerprint density at radius 1 is 1.03 bits per heavy atom. The quantitative estimate of drug-likeness (QED) is 0.231. The van der Waals surface area contributed by atoms with Crippen molar-refractivity contribution in [2.75, 3.05) is 0 Å². The zero-order chi connectivity index (χ0) is 23.8. The van der Waals surface area contributed by atoms with Gasteiger partial charge in [-0.25, -0.2) is 0 Å². The minimum Gasteiger partial charge on any atom is -0.508 e. The number of ether oxygens (including phenoxy) is 1. The van der Waals surface area contributed by atoms with E-state index in [4.69, 9.17) is 9.15 Å². The number of phenols is 1. The number of aromatic nitrogens is 1. The van der Waals surface area contributed by atoms with E-state index in [1.807, 2.05) is 62.4 Å². The summed E-state index contributed by atoms with van der Waals surface area (Å²) in [4.78, 5) is 28.9. The average Bonchev–Trinajstić information content (AvgIpc) is 3.43. The number of ketones is 1. The van der Waals surface area contributed by atoms with Crippen LogP contribution in [0.5, 0.6) is 11.6 Å². The van der Waals surface area contributed by atoms with E-state index >= 15 is 0 Å². The van der Waals surface area contributed by atoms with E-state index < -0.39 is 0 Å². The first kappa shape index (κ1) is 21.6. The second kappa shape index (κ2) is 8.61. The molecule has 2 heterocycles. The van der Waals surface area contributed by atoms with Gasteiger partial charge in [0.05, 0.1) is 4.88 Å². The smallest absolute Gasteiger partial charge is 0.299 e. The predicted octanol–water partition coefficient (Wildman–Crippen LogP) is 6.31. The lowest BCUT2D eigenvalue weighted by Crippen LogP contribution is -2.03. The number of oxazole rings is 1. The molecule has 0 amide bonds. The summed E-state index contributed by atoms with van der Waals surface area (Å²) in [6, 6.07) is 18.4. The van der Waals surface area contributed by atoms with Crippen LogP contribution in [0.2, 0.25) is 0 Å². The lowest BCUT2D eigenvalue weighted by molar-refractivity contribution is -0.120. The first-order valence-corrected chi connectivity index (χ1v) is 11.3.